The van der Waals surface area contributed by atoms with Gasteiger partial charge in [0.25, 0.3) is 0 Å². The van der Waals surface area contributed by atoms with Gasteiger partial charge in [-0.05, 0) is 5.56 Å². The van der Waals surface area contributed by atoms with Crippen molar-refractivity contribution in [1.29, 1.82) is 0 Å². The molecule has 0 bridgehead atoms. The van der Waals surface area contributed by atoms with E-state index in [-0.39, 0.29) is 24.9 Å². The molecule has 1 aromatic rings. The fourth-order valence-corrected chi connectivity index (χ4v) is 1.37. The van der Waals surface area contributed by atoms with Crippen molar-refractivity contribution < 1.29 is 14.3 Å². The van der Waals surface area contributed by atoms with Gasteiger partial charge in [0.15, 0.2) is 0 Å². The second-order valence-electron chi connectivity index (χ2n) is 3.53. The maximum atomic E-state index is 11.4. The molecule has 0 fully saturated rings. The van der Waals surface area contributed by atoms with Crippen molar-refractivity contribution in [3.63, 3.8) is 0 Å². The first-order valence-corrected chi connectivity index (χ1v) is 5.66. The van der Waals surface area contributed by atoms with Gasteiger partial charge in [0.05, 0.1) is 0 Å². The molecule has 92 valence electrons. The predicted octanol–water partition coefficient (Wildman–Crippen LogP) is 1.43. The van der Waals surface area contributed by atoms with E-state index in [4.69, 9.17) is 16.3 Å². The molecule has 1 aromatic carbocycles. The van der Waals surface area contributed by atoms with Gasteiger partial charge in [0.1, 0.15) is 19.0 Å². The number of rotatable bonds is 5. The molecular formula is C12H14ClNO3. The van der Waals surface area contributed by atoms with E-state index in [0.717, 1.165) is 5.56 Å². The second kappa shape index (κ2) is 6.91. The standard InChI is InChI=1S/C12H14ClNO3/c1-14(11(15)7-13)8-12(16)17-9-10-5-3-2-4-6-10/h2-6H,7-9H2,1H3. The van der Waals surface area contributed by atoms with Gasteiger partial charge in [-0.1, -0.05) is 30.3 Å². The van der Waals surface area contributed by atoms with Crippen LogP contribution in [0.5, 0.6) is 0 Å². The minimum absolute atomic E-state index is 0.0849. The highest BCUT2D eigenvalue weighted by Crippen LogP contribution is 2.01. The molecule has 0 spiro atoms. The van der Waals surface area contributed by atoms with Crippen LogP contribution in [0.4, 0.5) is 0 Å². The van der Waals surface area contributed by atoms with Crippen LogP contribution in [0.2, 0.25) is 0 Å². The topological polar surface area (TPSA) is 46.6 Å². The molecule has 0 saturated heterocycles. The van der Waals surface area contributed by atoms with Crippen LogP contribution in [-0.4, -0.2) is 36.2 Å². The largest absolute Gasteiger partial charge is 0.459 e. The molecule has 0 aromatic heterocycles. The Bertz CT molecular complexity index is 381. The van der Waals surface area contributed by atoms with E-state index in [1.54, 1.807) is 0 Å². The van der Waals surface area contributed by atoms with E-state index in [1.807, 2.05) is 30.3 Å². The Morgan fingerprint density at radius 1 is 1.29 bits per heavy atom. The number of likely N-dealkylation sites (N-methyl/N-ethyl adjacent to an activating group) is 1. The molecule has 1 amide bonds. The normalized spacial score (nSPS) is 9.76. The molecule has 4 nitrogen and oxygen atoms in total. The molecule has 0 unspecified atom stereocenters. The van der Waals surface area contributed by atoms with Crippen LogP contribution in [0.25, 0.3) is 0 Å². The summed E-state index contributed by atoms with van der Waals surface area (Å²) in [5, 5.41) is 0. The van der Waals surface area contributed by atoms with Crippen LogP contribution in [0, 0.1) is 0 Å². The molecule has 5 heteroatoms. The van der Waals surface area contributed by atoms with Crippen LogP contribution >= 0.6 is 11.6 Å². The summed E-state index contributed by atoms with van der Waals surface area (Å²) in [4.78, 5) is 23.7. The van der Waals surface area contributed by atoms with Gasteiger partial charge in [-0.15, -0.1) is 11.6 Å². The van der Waals surface area contributed by atoms with Crippen LogP contribution < -0.4 is 0 Å². The average Bonchev–Trinajstić information content (AvgIpc) is 2.36. The zero-order chi connectivity index (χ0) is 12.7. The SMILES string of the molecule is CN(CC(=O)OCc1ccccc1)C(=O)CCl. The summed E-state index contributed by atoms with van der Waals surface area (Å²) in [6, 6.07) is 9.35. The number of benzene rings is 1. The number of esters is 1. The summed E-state index contributed by atoms with van der Waals surface area (Å²) in [5.74, 6) is -0.888. The smallest absolute Gasteiger partial charge is 0.325 e. The Balaban J connectivity index is 2.33. The minimum atomic E-state index is -0.449. The molecule has 1 rings (SSSR count). The number of hydrogen-bond donors (Lipinski definition) is 0. The average molecular weight is 256 g/mol. The fourth-order valence-electron chi connectivity index (χ4n) is 1.17. The lowest BCUT2D eigenvalue weighted by Crippen LogP contribution is -2.33. The maximum absolute atomic E-state index is 11.4. The number of amides is 1. The molecule has 0 N–H and O–H groups in total. The lowest BCUT2D eigenvalue weighted by Gasteiger charge is -2.14. The van der Waals surface area contributed by atoms with Gasteiger partial charge >= 0.3 is 5.97 Å². The van der Waals surface area contributed by atoms with Crippen molar-refractivity contribution in [1.82, 2.24) is 4.90 Å². The highest BCUT2D eigenvalue weighted by Gasteiger charge is 2.12. The van der Waals surface area contributed by atoms with E-state index >= 15 is 0 Å². The molecule has 0 aliphatic rings. The third kappa shape index (κ3) is 4.87. The van der Waals surface area contributed by atoms with Crippen molar-refractivity contribution in [2.45, 2.75) is 6.61 Å². The quantitative estimate of drug-likeness (QED) is 0.591. The first kappa shape index (κ1) is 13.5. The maximum Gasteiger partial charge on any atom is 0.325 e. The van der Waals surface area contributed by atoms with Crippen molar-refractivity contribution in [2.75, 3.05) is 19.5 Å². The first-order valence-electron chi connectivity index (χ1n) is 5.13. The van der Waals surface area contributed by atoms with E-state index < -0.39 is 5.97 Å². The second-order valence-corrected chi connectivity index (χ2v) is 3.80. The minimum Gasteiger partial charge on any atom is -0.459 e. The number of carbonyl (C=O) groups excluding carboxylic acids is 2. The number of alkyl halides is 1. The Kier molecular flexibility index (Phi) is 5.49. The van der Waals surface area contributed by atoms with Gasteiger partial charge in [-0.25, -0.2) is 0 Å². The summed E-state index contributed by atoms with van der Waals surface area (Å²) in [7, 11) is 1.51. The number of nitrogens with zero attached hydrogens (tertiary/aromatic N) is 1. The molecule has 0 heterocycles. The van der Waals surface area contributed by atoms with Gasteiger partial charge < -0.3 is 9.64 Å². The van der Waals surface area contributed by atoms with E-state index in [2.05, 4.69) is 0 Å². The van der Waals surface area contributed by atoms with Gasteiger partial charge in [-0.2, -0.15) is 0 Å². The van der Waals surface area contributed by atoms with E-state index in [1.165, 1.54) is 11.9 Å². The van der Waals surface area contributed by atoms with Crippen molar-refractivity contribution >= 4 is 23.5 Å². The molecular weight excluding hydrogens is 242 g/mol. The number of carbonyl (C=O) groups is 2. The zero-order valence-electron chi connectivity index (χ0n) is 9.56. The summed E-state index contributed by atoms with van der Waals surface area (Å²) < 4.78 is 5.02. The zero-order valence-corrected chi connectivity index (χ0v) is 10.3. The first-order chi connectivity index (χ1) is 8.13. The predicted molar refractivity (Wildman–Crippen MR) is 64.6 cm³/mol. The molecule has 0 aliphatic heterocycles. The molecule has 17 heavy (non-hydrogen) atoms. The third-order valence-electron chi connectivity index (χ3n) is 2.15. The highest BCUT2D eigenvalue weighted by atomic mass is 35.5. The van der Waals surface area contributed by atoms with Crippen molar-refractivity contribution in [3.05, 3.63) is 35.9 Å². The third-order valence-corrected chi connectivity index (χ3v) is 2.38. The lowest BCUT2D eigenvalue weighted by molar-refractivity contribution is -0.149. The Hall–Kier alpha value is -1.55. The highest BCUT2D eigenvalue weighted by molar-refractivity contribution is 6.27. The van der Waals surface area contributed by atoms with Gasteiger partial charge in [0, 0.05) is 7.05 Å². The van der Waals surface area contributed by atoms with Crippen molar-refractivity contribution in [2.24, 2.45) is 0 Å². The summed E-state index contributed by atoms with van der Waals surface area (Å²) in [5.41, 5.74) is 0.909. The van der Waals surface area contributed by atoms with E-state index in [9.17, 15) is 9.59 Å². The summed E-state index contributed by atoms with van der Waals surface area (Å²) in [6.07, 6.45) is 0. The van der Waals surface area contributed by atoms with Crippen LogP contribution in [0.15, 0.2) is 30.3 Å². The van der Waals surface area contributed by atoms with Crippen LogP contribution in [-0.2, 0) is 20.9 Å². The lowest BCUT2D eigenvalue weighted by atomic mass is 10.2. The molecule has 0 saturated carbocycles. The number of hydrogen-bond acceptors (Lipinski definition) is 3. The Morgan fingerprint density at radius 3 is 2.53 bits per heavy atom. The molecule has 0 atom stereocenters. The number of halogens is 1. The number of ether oxygens (including phenoxy) is 1. The van der Waals surface area contributed by atoms with Gasteiger partial charge in [0.2, 0.25) is 5.91 Å². The summed E-state index contributed by atoms with van der Waals surface area (Å²) >= 11 is 5.36. The fraction of sp³-hybridized carbons (Fsp3) is 0.333. The van der Waals surface area contributed by atoms with E-state index in [0.29, 0.717) is 0 Å². The van der Waals surface area contributed by atoms with Crippen molar-refractivity contribution in [3.8, 4) is 0 Å². The van der Waals surface area contributed by atoms with Crippen LogP contribution in [0.3, 0.4) is 0 Å². The molecule has 0 radical (unpaired) electrons. The summed E-state index contributed by atoms with van der Waals surface area (Å²) in [6.45, 7) is 0.126. The Morgan fingerprint density at radius 2 is 1.94 bits per heavy atom. The Labute approximate surface area is 105 Å². The molecule has 0 aliphatic carbocycles. The van der Waals surface area contributed by atoms with Gasteiger partial charge in [-0.3, -0.25) is 9.59 Å². The van der Waals surface area contributed by atoms with Crippen LogP contribution in [0.1, 0.15) is 5.56 Å². The monoisotopic (exact) mass is 255 g/mol.